The molecule has 7 heteroatoms. The Morgan fingerprint density at radius 1 is 1.14 bits per heavy atom. The van der Waals surface area contributed by atoms with Crippen LogP contribution in [0.3, 0.4) is 0 Å². The number of carbonyl (C=O) groups is 2. The topological polar surface area (TPSA) is 83.7 Å². The second-order valence-corrected chi connectivity index (χ2v) is 6.93. The number of aromatic nitrogens is 1. The molecule has 4 rings (SSSR count). The van der Waals surface area contributed by atoms with Gasteiger partial charge in [-0.2, -0.15) is 0 Å². The largest absolute Gasteiger partial charge is 0.497 e. The predicted molar refractivity (Wildman–Crippen MR) is 110 cm³/mol. The number of rotatable bonds is 7. The molecule has 3 aromatic rings. The standard InChI is InChI=1S/C22H23N3O4/c1-28-15-7-8-20(29-2)19(11-15)25-21(26)12-18(22(25)27)23-10-9-14-13-24-17-6-4-3-5-16(14)17/h3-8,11,13,18,23-24H,9-10,12H2,1-2H3/t18-/m0/s1. The average molecular weight is 393 g/mol. The molecule has 1 atom stereocenters. The van der Waals surface area contributed by atoms with Gasteiger partial charge in [0.2, 0.25) is 5.91 Å². The monoisotopic (exact) mass is 393 g/mol. The average Bonchev–Trinajstić information content (AvgIpc) is 3.28. The fraction of sp³-hybridized carbons (Fsp3) is 0.273. The molecule has 0 bridgehead atoms. The highest BCUT2D eigenvalue weighted by Gasteiger charge is 2.40. The molecule has 1 aliphatic heterocycles. The maximum Gasteiger partial charge on any atom is 0.251 e. The molecule has 2 N–H and O–H groups in total. The molecule has 0 unspecified atom stereocenters. The summed E-state index contributed by atoms with van der Waals surface area (Å²) in [5.74, 6) is 0.468. The molecule has 7 nitrogen and oxygen atoms in total. The van der Waals surface area contributed by atoms with Gasteiger partial charge < -0.3 is 19.8 Å². The molecule has 150 valence electrons. The van der Waals surface area contributed by atoms with Gasteiger partial charge in [0.1, 0.15) is 11.5 Å². The maximum atomic E-state index is 12.9. The summed E-state index contributed by atoms with van der Waals surface area (Å²) >= 11 is 0. The van der Waals surface area contributed by atoms with E-state index in [1.54, 1.807) is 18.2 Å². The Bertz CT molecular complexity index is 1060. The van der Waals surface area contributed by atoms with Crippen molar-refractivity contribution in [1.29, 1.82) is 0 Å². The van der Waals surface area contributed by atoms with Crippen molar-refractivity contribution in [3.8, 4) is 11.5 Å². The molecule has 2 amide bonds. The number of amides is 2. The number of imide groups is 1. The number of anilines is 1. The van der Waals surface area contributed by atoms with Gasteiger partial charge in [0.25, 0.3) is 5.91 Å². The van der Waals surface area contributed by atoms with Gasteiger partial charge in [0.05, 0.1) is 32.4 Å². The molecule has 2 aromatic carbocycles. The summed E-state index contributed by atoms with van der Waals surface area (Å²) in [6.45, 7) is 0.592. The number of aromatic amines is 1. The maximum absolute atomic E-state index is 12.9. The smallest absolute Gasteiger partial charge is 0.251 e. The van der Waals surface area contributed by atoms with Crippen molar-refractivity contribution in [2.45, 2.75) is 18.9 Å². The lowest BCUT2D eigenvalue weighted by atomic mass is 10.1. The molecular formula is C22H23N3O4. The van der Waals surface area contributed by atoms with Gasteiger partial charge in [-0.3, -0.25) is 9.59 Å². The summed E-state index contributed by atoms with van der Waals surface area (Å²) in [5.41, 5.74) is 2.67. The fourth-order valence-electron chi connectivity index (χ4n) is 3.74. The first-order valence-electron chi connectivity index (χ1n) is 9.49. The Labute approximate surface area is 168 Å². The van der Waals surface area contributed by atoms with E-state index in [2.05, 4.69) is 16.4 Å². The number of carbonyl (C=O) groups excluding carboxylic acids is 2. The van der Waals surface area contributed by atoms with Crippen LogP contribution in [0.2, 0.25) is 0 Å². The van der Waals surface area contributed by atoms with Gasteiger partial charge in [-0.05, 0) is 30.2 Å². The molecule has 1 aliphatic rings. The van der Waals surface area contributed by atoms with Gasteiger partial charge >= 0.3 is 0 Å². The normalized spacial score (nSPS) is 16.6. The summed E-state index contributed by atoms with van der Waals surface area (Å²) in [6.07, 6.45) is 2.86. The Morgan fingerprint density at radius 3 is 2.76 bits per heavy atom. The summed E-state index contributed by atoms with van der Waals surface area (Å²) in [5, 5.41) is 4.40. The number of ether oxygens (including phenoxy) is 2. The predicted octanol–water partition coefficient (Wildman–Crippen LogP) is 2.65. The van der Waals surface area contributed by atoms with Crippen molar-refractivity contribution in [2.75, 3.05) is 25.7 Å². The van der Waals surface area contributed by atoms with E-state index in [0.29, 0.717) is 23.7 Å². The number of hydrogen-bond donors (Lipinski definition) is 2. The lowest BCUT2D eigenvalue weighted by molar-refractivity contribution is -0.121. The first-order chi connectivity index (χ1) is 14.1. The van der Waals surface area contributed by atoms with Gasteiger partial charge in [-0.25, -0.2) is 4.90 Å². The van der Waals surface area contributed by atoms with Gasteiger partial charge in [0, 0.05) is 29.7 Å². The lowest BCUT2D eigenvalue weighted by Gasteiger charge is -2.19. The Morgan fingerprint density at radius 2 is 1.97 bits per heavy atom. The number of nitrogens with zero attached hydrogens (tertiary/aromatic N) is 1. The summed E-state index contributed by atoms with van der Waals surface area (Å²) < 4.78 is 10.6. The number of hydrogen-bond acceptors (Lipinski definition) is 5. The number of fused-ring (bicyclic) bond motifs is 1. The highest BCUT2D eigenvalue weighted by atomic mass is 16.5. The van der Waals surface area contributed by atoms with Crippen LogP contribution in [0.1, 0.15) is 12.0 Å². The number of benzene rings is 2. The fourth-order valence-corrected chi connectivity index (χ4v) is 3.74. The zero-order valence-corrected chi connectivity index (χ0v) is 16.4. The van der Waals surface area contributed by atoms with E-state index < -0.39 is 6.04 Å². The minimum atomic E-state index is -0.552. The number of para-hydroxylation sites is 1. The van der Waals surface area contributed by atoms with Crippen LogP contribution < -0.4 is 19.7 Å². The van der Waals surface area contributed by atoms with Gasteiger partial charge in [-0.15, -0.1) is 0 Å². The van der Waals surface area contributed by atoms with Crippen molar-refractivity contribution in [3.63, 3.8) is 0 Å². The van der Waals surface area contributed by atoms with Crippen molar-refractivity contribution < 1.29 is 19.1 Å². The quantitative estimate of drug-likeness (QED) is 0.603. The number of H-pyrrole nitrogens is 1. The third-order valence-corrected chi connectivity index (χ3v) is 5.23. The molecule has 0 spiro atoms. The first-order valence-corrected chi connectivity index (χ1v) is 9.49. The van der Waals surface area contributed by atoms with E-state index in [9.17, 15) is 9.59 Å². The van der Waals surface area contributed by atoms with Crippen molar-refractivity contribution in [3.05, 3.63) is 54.2 Å². The van der Waals surface area contributed by atoms with Gasteiger partial charge in [-0.1, -0.05) is 18.2 Å². The summed E-state index contributed by atoms with van der Waals surface area (Å²) in [7, 11) is 3.04. The molecule has 1 aromatic heterocycles. The molecular weight excluding hydrogens is 370 g/mol. The van der Waals surface area contributed by atoms with E-state index in [4.69, 9.17) is 9.47 Å². The van der Waals surface area contributed by atoms with Crippen LogP contribution in [0.25, 0.3) is 10.9 Å². The first kappa shape index (κ1) is 19.0. The molecule has 0 saturated carbocycles. The van der Waals surface area contributed by atoms with E-state index >= 15 is 0 Å². The van der Waals surface area contributed by atoms with Crippen LogP contribution in [0.4, 0.5) is 5.69 Å². The van der Waals surface area contributed by atoms with Crippen LogP contribution >= 0.6 is 0 Å². The van der Waals surface area contributed by atoms with E-state index in [0.717, 1.165) is 11.9 Å². The Balaban J connectivity index is 1.46. The minimum Gasteiger partial charge on any atom is -0.497 e. The van der Waals surface area contributed by atoms with Crippen LogP contribution in [-0.2, 0) is 16.0 Å². The summed E-state index contributed by atoms with van der Waals surface area (Å²) in [4.78, 5) is 30.0. The van der Waals surface area contributed by atoms with E-state index in [1.165, 1.54) is 30.1 Å². The molecule has 0 radical (unpaired) electrons. The van der Waals surface area contributed by atoms with Crippen LogP contribution in [0, 0.1) is 0 Å². The molecule has 29 heavy (non-hydrogen) atoms. The van der Waals surface area contributed by atoms with Crippen LogP contribution in [0.5, 0.6) is 11.5 Å². The highest BCUT2D eigenvalue weighted by molar-refractivity contribution is 6.23. The van der Waals surface area contributed by atoms with Crippen molar-refractivity contribution in [2.24, 2.45) is 0 Å². The second kappa shape index (κ2) is 7.97. The zero-order chi connectivity index (χ0) is 20.4. The molecule has 0 aliphatic carbocycles. The Kier molecular flexibility index (Phi) is 5.22. The third kappa shape index (κ3) is 3.56. The molecule has 2 heterocycles. The van der Waals surface area contributed by atoms with E-state index in [-0.39, 0.29) is 18.2 Å². The zero-order valence-electron chi connectivity index (χ0n) is 16.4. The summed E-state index contributed by atoms with van der Waals surface area (Å²) in [6, 6.07) is 12.6. The molecule has 1 saturated heterocycles. The number of methoxy groups -OCH3 is 2. The van der Waals surface area contributed by atoms with Crippen LogP contribution in [0.15, 0.2) is 48.7 Å². The van der Waals surface area contributed by atoms with E-state index in [1.807, 2.05) is 24.4 Å². The third-order valence-electron chi connectivity index (χ3n) is 5.23. The molecule has 1 fully saturated rings. The van der Waals surface area contributed by atoms with Gasteiger partial charge in [0.15, 0.2) is 0 Å². The lowest BCUT2D eigenvalue weighted by Crippen LogP contribution is -2.39. The SMILES string of the molecule is COc1ccc(OC)c(N2C(=O)C[C@H](NCCc3c[nH]c4ccccc34)C2=O)c1. The highest BCUT2D eigenvalue weighted by Crippen LogP contribution is 2.35. The second-order valence-electron chi connectivity index (χ2n) is 6.93. The van der Waals surface area contributed by atoms with Crippen LogP contribution in [-0.4, -0.2) is 43.6 Å². The Hall–Kier alpha value is -3.32. The van der Waals surface area contributed by atoms with Crippen molar-refractivity contribution in [1.82, 2.24) is 10.3 Å². The number of nitrogens with one attached hydrogen (secondary N) is 2. The minimum absolute atomic E-state index is 0.118. The van der Waals surface area contributed by atoms with Crippen molar-refractivity contribution >= 4 is 28.4 Å².